The number of benzene rings is 2. The van der Waals surface area contributed by atoms with Crippen LogP contribution in [0.2, 0.25) is 10.0 Å². The molecule has 19 heavy (non-hydrogen) atoms. The van der Waals surface area contributed by atoms with Crippen molar-refractivity contribution in [3.8, 4) is 0 Å². The Kier molecular flexibility index (Phi) is 4.13. The average Bonchev–Trinajstić information content (AvgIpc) is 2.38. The third-order valence-corrected chi connectivity index (χ3v) is 3.83. The Labute approximate surface area is 122 Å². The van der Waals surface area contributed by atoms with Crippen molar-refractivity contribution in [3.05, 3.63) is 63.1 Å². The third-order valence-electron chi connectivity index (χ3n) is 2.97. The number of rotatable bonds is 3. The highest BCUT2D eigenvalue weighted by Crippen LogP contribution is 2.26. The minimum Gasteiger partial charge on any atom is -0.399 e. The molecule has 2 aromatic carbocycles. The fourth-order valence-corrected chi connectivity index (χ4v) is 2.20. The summed E-state index contributed by atoms with van der Waals surface area (Å²) in [7, 11) is 0. The van der Waals surface area contributed by atoms with E-state index in [2.05, 4.69) is 0 Å². The zero-order valence-corrected chi connectivity index (χ0v) is 11.9. The second kappa shape index (κ2) is 5.64. The predicted molar refractivity (Wildman–Crippen MR) is 80.1 cm³/mol. The summed E-state index contributed by atoms with van der Waals surface area (Å²) >= 11 is 12.0. The largest absolute Gasteiger partial charge is 0.399 e. The first-order chi connectivity index (χ1) is 8.99. The summed E-state index contributed by atoms with van der Waals surface area (Å²) in [5, 5.41) is 0.894. The number of nitrogen functional groups attached to an aromatic ring is 1. The summed E-state index contributed by atoms with van der Waals surface area (Å²) < 4.78 is 0. The maximum absolute atomic E-state index is 12.2. The Morgan fingerprint density at radius 3 is 2.63 bits per heavy atom. The van der Waals surface area contributed by atoms with E-state index in [0.717, 1.165) is 11.1 Å². The van der Waals surface area contributed by atoms with Gasteiger partial charge in [-0.05, 0) is 42.3 Å². The Hall–Kier alpha value is -1.51. The van der Waals surface area contributed by atoms with Gasteiger partial charge in [-0.3, -0.25) is 4.79 Å². The van der Waals surface area contributed by atoms with E-state index in [9.17, 15) is 4.79 Å². The van der Waals surface area contributed by atoms with Crippen molar-refractivity contribution in [3.63, 3.8) is 0 Å². The molecule has 4 heteroatoms. The second-order valence-electron chi connectivity index (χ2n) is 4.38. The van der Waals surface area contributed by atoms with Gasteiger partial charge in [-0.2, -0.15) is 0 Å². The van der Waals surface area contributed by atoms with E-state index in [-0.39, 0.29) is 12.2 Å². The van der Waals surface area contributed by atoms with Gasteiger partial charge >= 0.3 is 0 Å². The van der Waals surface area contributed by atoms with Gasteiger partial charge in [0.05, 0.1) is 10.0 Å². The van der Waals surface area contributed by atoms with Gasteiger partial charge in [0.25, 0.3) is 0 Å². The summed E-state index contributed by atoms with van der Waals surface area (Å²) in [5.74, 6) is -0.00716. The maximum Gasteiger partial charge on any atom is 0.167 e. The predicted octanol–water partition coefficient (Wildman–Crippen LogP) is 4.31. The quantitative estimate of drug-likeness (QED) is 0.677. The van der Waals surface area contributed by atoms with E-state index < -0.39 is 0 Å². The van der Waals surface area contributed by atoms with Crippen LogP contribution >= 0.6 is 23.2 Å². The first-order valence-corrected chi connectivity index (χ1v) is 6.57. The van der Waals surface area contributed by atoms with Gasteiger partial charge in [-0.25, -0.2) is 0 Å². The lowest BCUT2D eigenvalue weighted by Crippen LogP contribution is -2.05. The van der Waals surface area contributed by atoms with Gasteiger partial charge < -0.3 is 5.73 Å². The number of carbonyl (C=O) groups excluding carboxylic acids is 1. The summed E-state index contributed by atoms with van der Waals surface area (Å²) in [6.45, 7) is 1.87. The van der Waals surface area contributed by atoms with Crippen LogP contribution in [0.25, 0.3) is 0 Å². The molecule has 0 aliphatic rings. The van der Waals surface area contributed by atoms with Gasteiger partial charge in [0.15, 0.2) is 5.78 Å². The summed E-state index contributed by atoms with van der Waals surface area (Å²) in [4.78, 5) is 12.2. The van der Waals surface area contributed by atoms with Crippen molar-refractivity contribution in [2.75, 3.05) is 5.73 Å². The first kappa shape index (κ1) is 13.9. The van der Waals surface area contributed by atoms with Crippen LogP contribution in [0.1, 0.15) is 21.5 Å². The lowest BCUT2D eigenvalue weighted by atomic mass is 10.0. The van der Waals surface area contributed by atoms with E-state index >= 15 is 0 Å². The number of hydrogen-bond acceptors (Lipinski definition) is 2. The number of aryl methyl sites for hydroxylation is 1. The molecule has 0 aliphatic carbocycles. The van der Waals surface area contributed by atoms with Crippen molar-refractivity contribution >= 4 is 34.7 Å². The van der Waals surface area contributed by atoms with Crippen molar-refractivity contribution in [2.24, 2.45) is 0 Å². The highest BCUT2D eigenvalue weighted by molar-refractivity contribution is 6.42. The summed E-state index contributed by atoms with van der Waals surface area (Å²) in [5.41, 5.74) is 8.66. The summed E-state index contributed by atoms with van der Waals surface area (Å²) in [6, 6.07) is 10.5. The minimum atomic E-state index is -0.00716. The van der Waals surface area contributed by atoms with Crippen molar-refractivity contribution in [1.29, 1.82) is 0 Å². The Bertz CT molecular complexity index is 638. The number of Topliss-reactive ketones (excluding diaryl/α,β-unsaturated/α-hetero) is 1. The molecule has 0 saturated heterocycles. The van der Waals surface area contributed by atoms with Gasteiger partial charge in [0, 0.05) is 17.7 Å². The third kappa shape index (κ3) is 3.09. The second-order valence-corrected chi connectivity index (χ2v) is 5.17. The van der Waals surface area contributed by atoms with Crippen molar-refractivity contribution < 1.29 is 4.79 Å². The van der Waals surface area contributed by atoms with Crippen LogP contribution in [0.3, 0.4) is 0 Å². The van der Waals surface area contributed by atoms with E-state index in [1.165, 1.54) is 0 Å². The topological polar surface area (TPSA) is 43.1 Å². The van der Waals surface area contributed by atoms with E-state index in [1.54, 1.807) is 36.4 Å². The first-order valence-electron chi connectivity index (χ1n) is 5.81. The standard InChI is InChI=1S/C15H13Cl2NO/c1-9-7-10(5-6-13(9)18)14(19)8-11-3-2-4-12(16)15(11)17/h2-7H,8,18H2,1H3. The molecule has 98 valence electrons. The van der Waals surface area contributed by atoms with Crippen LogP contribution in [0.5, 0.6) is 0 Å². The smallest absolute Gasteiger partial charge is 0.167 e. The van der Waals surface area contributed by atoms with Crippen LogP contribution in [0.15, 0.2) is 36.4 Å². The highest BCUT2D eigenvalue weighted by Gasteiger charge is 2.12. The SMILES string of the molecule is Cc1cc(C(=O)Cc2cccc(Cl)c2Cl)ccc1N. The van der Waals surface area contributed by atoms with Crippen LogP contribution < -0.4 is 5.73 Å². The number of halogens is 2. The highest BCUT2D eigenvalue weighted by atomic mass is 35.5. The lowest BCUT2D eigenvalue weighted by Gasteiger charge is -2.07. The molecule has 0 unspecified atom stereocenters. The van der Waals surface area contributed by atoms with Gasteiger partial charge in [-0.1, -0.05) is 35.3 Å². The maximum atomic E-state index is 12.2. The van der Waals surface area contributed by atoms with Gasteiger partial charge in [0.2, 0.25) is 0 Å². The molecule has 0 atom stereocenters. The molecule has 0 spiro atoms. The molecule has 2 nitrogen and oxygen atoms in total. The monoisotopic (exact) mass is 293 g/mol. The Balaban J connectivity index is 2.26. The van der Waals surface area contributed by atoms with Crippen LogP contribution in [-0.2, 0) is 6.42 Å². The molecule has 0 fully saturated rings. The molecule has 0 amide bonds. The van der Waals surface area contributed by atoms with E-state index in [0.29, 0.717) is 21.3 Å². The zero-order chi connectivity index (χ0) is 14.0. The molecule has 2 N–H and O–H groups in total. The Morgan fingerprint density at radius 2 is 1.95 bits per heavy atom. The molecular weight excluding hydrogens is 281 g/mol. The minimum absolute atomic E-state index is 0.00716. The molecule has 0 radical (unpaired) electrons. The van der Waals surface area contributed by atoms with Crippen LogP contribution in [-0.4, -0.2) is 5.78 Å². The fourth-order valence-electron chi connectivity index (χ4n) is 1.81. The molecular formula is C15H13Cl2NO. The zero-order valence-electron chi connectivity index (χ0n) is 10.4. The molecule has 0 saturated carbocycles. The summed E-state index contributed by atoms with van der Waals surface area (Å²) in [6.07, 6.45) is 0.225. The number of hydrogen-bond donors (Lipinski definition) is 1. The molecule has 0 aliphatic heterocycles. The molecule has 2 aromatic rings. The number of nitrogens with two attached hydrogens (primary N) is 1. The molecule has 0 bridgehead atoms. The molecule has 0 heterocycles. The van der Waals surface area contributed by atoms with E-state index in [1.807, 2.05) is 6.92 Å². The Morgan fingerprint density at radius 1 is 1.21 bits per heavy atom. The van der Waals surface area contributed by atoms with Crippen LogP contribution in [0.4, 0.5) is 5.69 Å². The molecule has 2 rings (SSSR count). The number of carbonyl (C=O) groups is 1. The number of ketones is 1. The average molecular weight is 294 g/mol. The molecule has 0 aromatic heterocycles. The van der Waals surface area contributed by atoms with Crippen molar-refractivity contribution in [2.45, 2.75) is 13.3 Å². The van der Waals surface area contributed by atoms with Crippen LogP contribution in [0, 0.1) is 6.92 Å². The normalized spacial score (nSPS) is 10.5. The van der Waals surface area contributed by atoms with Gasteiger partial charge in [0.1, 0.15) is 0 Å². The lowest BCUT2D eigenvalue weighted by molar-refractivity contribution is 0.0993. The fraction of sp³-hybridized carbons (Fsp3) is 0.133. The number of anilines is 1. The van der Waals surface area contributed by atoms with Gasteiger partial charge in [-0.15, -0.1) is 0 Å². The van der Waals surface area contributed by atoms with E-state index in [4.69, 9.17) is 28.9 Å². The van der Waals surface area contributed by atoms with Crippen molar-refractivity contribution in [1.82, 2.24) is 0 Å².